The van der Waals surface area contributed by atoms with E-state index in [0.717, 1.165) is 17.5 Å². The van der Waals surface area contributed by atoms with Gasteiger partial charge in [-0.2, -0.15) is 0 Å². The molecule has 4 nitrogen and oxygen atoms in total. The quantitative estimate of drug-likeness (QED) is 0.810. The van der Waals surface area contributed by atoms with Crippen LogP contribution in [-0.4, -0.2) is 30.3 Å². The van der Waals surface area contributed by atoms with Crippen LogP contribution in [0.2, 0.25) is 0 Å². The van der Waals surface area contributed by atoms with Crippen molar-refractivity contribution in [2.75, 3.05) is 13.2 Å². The van der Waals surface area contributed by atoms with Gasteiger partial charge >= 0.3 is 0 Å². The van der Waals surface area contributed by atoms with E-state index in [0.29, 0.717) is 13.2 Å². The minimum absolute atomic E-state index is 0.0695. The third-order valence-corrected chi connectivity index (χ3v) is 3.42. The van der Waals surface area contributed by atoms with Gasteiger partial charge in [0.2, 0.25) is 5.91 Å². The van der Waals surface area contributed by atoms with Gasteiger partial charge in [-0.15, -0.1) is 0 Å². The number of rotatable bonds is 3. The Morgan fingerprint density at radius 1 is 1.50 bits per heavy atom. The molecular formula is C16H19NO3. The average Bonchev–Trinajstić information content (AvgIpc) is 2.89. The zero-order valence-corrected chi connectivity index (χ0v) is 11.6. The van der Waals surface area contributed by atoms with Crippen molar-refractivity contribution in [3.8, 4) is 11.8 Å². The molecule has 0 aliphatic carbocycles. The van der Waals surface area contributed by atoms with Crippen LogP contribution in [0.4, 0.5) is 0 Å². The molecule has 0 saturated carbocycles. The first-order valence-corrected chi connectivity index (χ1v) is 6.79. The van der Waals surface area contributed by atoms with Crippen LogP contribution in [0.25, 0.3) is 0 Å². The van der Waals surface area contributed by atoms with Crippen molar-refractivity contribution in [3.05, 3.63) is 35.4 Å². The van der Waals surface area contributed by atoms with Crippen molar-refractivity contribution in [2.24, 2.45) is 5.92 Å². The Morgan fingerprint density at radius 3 is 3.00 bits per heavy atom. The molecule has 1 aromatic rings. The van der Waals surface area contributed by atoms with Gasteiger partial charge < -0.3 is 15.2 Å². The Hall–Kier alpha value is -1.83. The standard InChI is InChI=1S/C16H19NO3/c1-12-8-10-20-15(12)16(19)17-11-14-6-3-2-5-13(14)7-4-9-18/h2-3,5-6,12,15,18H,8-11H2,1H3,(H,17,19). The number of carbonyl (C=O) groups excluding carboxylic acids is 1. The second kappa shape index (κ2) is 7.09. The van der Waals surface area contributed by atoms with Gasteiger partial charge in [-0.1, -0.05) is 37.0 Å². The van der Waals surface area contributed by atoms with Crippen LogP contribution in [0.5, 0.6) is 0 Å². The summed E-state index contributed by atoms with van der Waals surface area (Å²) in [7, 11) is 0. The van der Waals surface area contributed by atoms with Crippen molar-refractivity contribution in [2.45, 2.75) is 26.0 Å². The molecule has 1 aromatic carbocycles. The second-order valence-electron chi connectivity index (χ2n) is 4.89. The summed E-state index contributed by atoms with van der Waals surface area (Å²) >= 11 is 0. The van der Waals surface area contributed by atoms with E-state index in [1.54, 1.807) is 0 Å². The fourth-order valence-corrected chi connectivity index (χ4v) is 2.24. The Kier molecular flexibility index (Phi) is 5.16. The minimum Gasteiger partial charge on any atom is -0.384 e. The molecule has 0 bridgehead atoms. The number of amides is 1. The fraction of sp³-hybridized carbons (Fsp3) is 0.438. The summed E-state index contributed by atoms with van der Waals surface area (Å²) in [4.78, 5) is 12.0. The first-order valence-electron chi connectivity index (χ1n) is 6.79. The molecule has 106 valence electrons. The highest BCUT2D eigenvalue weighted by Gasteiger charge is 2.30. The van der Waals surface area contributed by atoms with Crippen molar-refractivity contribution >= 4 is 5.91 Å². The fourth-order valence-electron chi connectivity index (χ4n) is 2.24. The highest BCUT2D eigenvalue weighted by Crippen LogP contribution is 2.20. The molecule has 2 rings (SSSR count). The Labute approximate surface area is 119 Å². The lowest BCUT2D eigenvalue weighted by atomic mass is 10.0. The third-order valence-electron chi connectivity index (χ3n) is 3.42. The highest BCUT2D eigenvalue weighted by molar-refractivity contribution is 5.81. The zero-order chi connectivity index (χ0) is 14.4. The van der Waals surface area contributed by atoms with E-state index in [9.17, 15) is 4.79 Å². The SMILES string of the molecule is CC1CCOC1C(=O)NCc1ccccc1C#CCO. The largest absolute Gasteiger partial charge is 0.384 e. The molecule has 2 unspecified atom stereocenters. The number of hydrogen-bond donors (Lipinski definition) is 2. The van der Waals surface area contributed by atoms with Crippen molar-refractivity contribution in [3.63, 3.8) is 0 Å². The molecule has 1 heterocycles. The van der Waals surface area contributed by atoms with Gasteiger partial charge in [0.05, 0.1) is 0 Å². The Morgan fingerprint density at radius 2 is 2.30 bits per heavy atom. The number of aliphatic hydroxyl groups excluding tert-OH is 1. The zero-order valence-electron chi connectivity index (χ0n) is 11.6. The number of hydrogen-bond acceptors (Lipinski definition) is 3. The lowest BCUT2D eigenvalue weighted by Gasteiger charge is -2.15. The smallest absolute Gasteiger partial charge is 0.249 e. The first-order chi connectivity index (χ1) is 9.72. The van der Waals surface area contributed by atoms with Crippen LogP contribution in [0, 0.1) is 17.8 Å². The van der Waals surface area contributed by atoms with Crippen LogP contribution in [0.3, 0.4) is 0 Å². The molecule has 2 atom stereocenters. The van der Waals surface area contributed by atoms with Crippen LogP contribution < -0.4 is 5.32 Å². The number of carbonyl (C=O) groups is 1. The lowest BCUT2D eigenvalue weighted by Crippen LogP contribution is -2.36. The summed E-state index contributed by atoms with van der Waals surface area (Å²) in [6, 6.07) is 7.58. The maximum Gasteiger partial charge on any atom is 0.249 e. The number of benzene rings is 1. The summed E-state index contributed by atoms with van der Waals surface area (Å²) in [5.41, 5.74) is 1.76. The van der Waals surface area contributed by atoms with E-state index < -0.39 is 0 Å². The maximum absolute atomic E-state index is 12.0. The molecule has 1 aliphatic rings. The summed E-state index contributed by atoms with van der Waals surface area (Å²) in [6.45, 7) is 2.92. The lowest BCUT2D eigenvalue weighted by molar-refractivity contribution is -0.131. The van der Waals surface area contributed by atoms with Crippen molar-refractivity contribution in [1.29, 1.82) is 0 Å². The predicted molar refractivity (Wildman–Crippen MR) is 75.8 cm³/mol. The molecule has 20 heavy (non-hydrogen) atoms. The third kappa shape index (κ3) is 3.60. The van der Waals surface area contributed by atoms with E-state index >= 15 is 0 Å². The van der Waals surface area contributed by atoms with E-state index in [2.05, 4.69) is 17.2 Å². The van der Waals surface area contributed by atoms with Gasteiger partial charge in [0, 0.05) is 18.7 Å². The van der Waals surface area contributed by atoms with Gasteiger partial charge in [-0.3, -0.25) is 4.79 Å². The second-order valence-corrected chi connectivity index (χ2v) is 4.89. The summed E-state index contributed by atoms with van der Waals surface area (Å²) in [5, 5.41) is 11.6. The van der Waals surface area contributed by atoms with E-state index in [-0.39, 0.29) is 24.5 Å². The molecule has 1 aliphatic heterocycles. The van der Waals surface area contributed by atoms with E-state index in [4.69, 9.17) is 9.84 Å². The molecule has 1 fully saturated rings. The number of nitrogens with one attached hydrogen (secondary N) is 1. The molecule has 2 N–H and O–H groups in total. The Balaban J connectivity index is 1.98. The van der Waals surface area contributed by atoms with Gasteiger partial charge in [0.1, 0.15) is 12.7 Å². The van der Waals surface area contributed by atoms with Gasteiger partial charge in [0.15, 0.2) is 0 Å². The number of aliphatic hydroxyl groups is 1. The highest BCUT2D eigenvalue weighted by atomic mass is 16.5. The minimum atomic E-state index is -0.342. The summed E-state index contributed by atoms with van der Waals surface area (Å²) in [5.74, 6) is 5.70. The average molecular weight is 273 g/mol. The van der Waals surface area contributed by atoms with Crippen LogP contribution in [0.15, 0.2) is 24.3 Å². The molecule has 1 saturated heterocycles. The molecule has 4 heteroatoms. The monoisotopic (exact) mass is 273 g/mol. The maximum atomic E-state index is 12.0. The van der Waals surface area contributed by atoms with Crippen LogP contribution >= 0.6 is 0 Å². The molecule has 0 aromatic heterocycles. The Bertz CT molecular complexity index is 530. The normalized spacial score (nSPS) is 21.1. The van der Waals surface area contributed by atoms with E-state index in [1.807, 2.05) is 31.2 Å². The predicted octanol–water partition coefficient (Wildman–Crippen LogP) is 1.07. The van der Waals surface area contributed by atoms with Crippen LogP contribution in [0.1, 0.15) is 24.5 Å². The molecule has 0 spiro atoms. The van der Waals surface area contributed by atoms with Crippen molar-refractivity contribution < 1.29 is 14.6 Å². The number of ether oxygens (including phenoxy) is 1. The summed E-state index contributed by atoms with van der Waals surface area (Å²) < 4.78 is 5.44. The van der Waals surface area contributed by atoms with Crippen molar-refractivity contribution in [1.82, 2.24) is 5.32 Å². The first kappa shape index (κ1) is 14.6. The topological polar surface area (TPSA) is 58.6 Å². The summed E-state index contributed by atoms with van der Waals surface area (Å²) in [6.07, 6.45) is 0.585. The molecule has 1 amide bonds. The van der Waals surface area contributed by atoms with E-state index in [1.165, 1.54) is 0 Å². The van der Waals surface area contributed by atoms with Gasteiger partial charge in [0.25, 0.3) is 0 Å². The molecule has 0 radical (unpaired) electrons. The van der Waals surface area contributed by atoms with Gasteiger partial charge in [-0.05, 0) is 24.0 Å². The van der Waals surface area contributed by atoms with Crippen LogP contribution in [-0.2, 0) is 16.1 Å². The van der Waals surface area contributed by atoms with Gasteiger partial charge in [-0.25, -0.2) is 0 Å². The molecular weight excluding hydrogens is 254 g/mol.